The highest BCUT2D eigenvalue weighted by atomic mass is 15.0. The fourth-order valence-corrected chi connectivity index (χ4v) is 8.20. The summed E-state index contributed by atoms with van der Waals surface area (Å²) in [4.78, 5) is 0. The monoisotopic (exact) mass is 650 g/mol. The van der Waals surface area contributed by atoms with Gasteiger partial charge < -0.3 is 9.13 Å². The summed E-state index contributed by atoms with van der Waals surface area (Å²) in [5.41, 5.74) is 14.8. The Morgan fingerprint density at radius 2 is 0.804 bits per heavy atom. The highest BCUT2D eigenvalue weighted by Crippen LogP contribution is 2.41. The van der Waals surface area contributed by atoms with Crippen LogP contribution in [0.2, 0.25) is 0 Å². The van der Waals surface area contributed by atoms with E-state index in [2.05, 4.69) is 203 Å². The Bertz CT molecular complexity index is 2750. The molecule has 2 nitrogen and oxygen atoms in total. The Labute approximate surface area is 297 Å². The Morgan fingerprint density at radius 3 is 1.39 bits per heavy atom. The third-order valence-electron chi connectivity index (χ3n) is 10.5. The minimum atomic E-state index is 0.724. The van der Waals surface area contributed by atoms with E-state index in [-0.39, 0.29) is 0 Å². The lowest BCUT2D eigenvalue weighted by Gasteiger charge is -2.18. The molecule has 0 aliphatic carbocycles. The van der Waals surface area contributed by atoms with Gasteiger partial charge >= 0.3 is 0 Å². The van der Waals surface area contributed by atoms with Gasteiger partial charge in [0.15, 0.2) is 0 Å². The molecule has 0 N–H and O–H groups in total. The molecule has 8 aromatic carbocycles. The highest BCUT2D eigenvalue weighted by molar-refractivity contribution is 6.16. The molecular formula is C49H34N2. The molecule has 0 radical (unpaired) electrons. The van der Waals surface area contributed by atoms with Crippen LogP contribution in [0.5, 0.6) is 0 Å². The van der Waals surface area contributed by atoms with E-state index in [0.717, 1.165) is 12.2 Å². The van der Waals surface area contributed by atoms with Crippen molar-refractivity contribution in [3.8, 4) is 39.1 Å². The van der Waals surface area contributed by atoms with Crippen LogP contribution in [0.4, 0.5) is 0 Å². The summed E-state index contributed by atoms with van der Waals surface area (Å²) in [6, 6.07) is 70.6. The van der Waals surface area contributed by atoms with Crippen molar-refractivity contribution < 1.29 is 0 Å². The quantitative estimate of drug-likeness (QED) is 0.169. The van der Waals surface area contributed by atoms with Gasteiger partial charge in [-0.05, 0) is 75.3 Å². The van der Waals surface area contributed by atoms with Gasteiger partial charge in [0, 0.05) is 39.3 Å². The smallest absolute Gasteiger partial charge is 0.0541 e. The molecule has 0 unspecified atom stereocenters. The number of aromatic nitrogens is 2. The molecule has 10 rings (SSSR count). The first kappa shape index (κ1) is 29.3. The van der Waals surface area contributed by atoms with Crippen molar-refractivity contribution in [1.82, 2.24) is 9.13 Å². The van der Waals surface area contributed by atoms with Gasteiger partial charge in [0.1, 0.15) is 0 Å². The summed E-state index contributed by atoms with van der Waals surface area (Å²) in [5, 5.41) is 5.07. The molecule has 0 saturated carbocycles. The van der Waals surface area contributed by atoms with E-state index in [0.29, 0.717) is 0 Å². The van der Waals surface area contributed by atoms with Crippen molar-refractivity contribution in [3.05, 3.63) is 200 Å². The van der Waals surface area contributed by atoms with E-state index in [1.165, 1.54) is 82.6 Å². The van der Waals surface area contributed by atoms with E-state index in [9.17, 15) is 0 Å². The number of fused-ring (bicyclic) bond motifs is 6. The van der Waals surface area contributed by atoms with Gasteiger partial charge in [-0.3, -0.25) is 0 Å². The van der Waals surface area contributed by atoms with Gasteiger partial charge in [-0.1, -0.05) is 158 Å². The molecule has 2 heteroatoms. The minimum Gasteiger partial charge on any atom is -0.336 e. The lowest BCUT2D eigenvalue weighted by Crippen LogP contribution is -2.04. The van der Waals surface area contributed by atoms with Crippen molar-refractivity contribution in [2.45, 2.75) is 6.54 Å². The largest absolute Gasteiger partial charge is 0.336 e. The van der Waals surface area contributed by atoms with Crippen LogP contribution in [0, 0.1) is 0 Å². The zero-order valence-corrected chi connectivity index (χ0v) is 28.1. The summed E-state index contributed by atoms with van der Waals surface area (Å²) >= 11 is 0. The van der Waals surface area contributed by atoms with Crippen molar-refractivity contribution >= 4 is 43.6 Å². The predicted molar refractivity (Wildman–Crippen MR) is 216 cm³/mol. The summed E-state index contributed by atoms with van der Waals surface area (Å²) in [6.07, 6.45) is 0. The summed E-state index contributed by atoms with van der Waals surface area (Å²) < 4.78 is 4.97. The minimum absolute atomic E-state index is 0.724. The van der Waals surface area contributed by atoms with Crippen LogP contribution in [0.1, 0.15) is 5.56 Å². The van der Waals surface area contributed by atoms with Crippen molar-refractivity contribution in [3.63, 3.8) is 0 Å². The molecule has 0 saturated heterocycles. The topological polar surface area (TPSA) is 9.86 Å². The Morgan fingerprint density at radius 1 is 0.333 bits per heavy atom. The fourth-order valence-electron chi connectivity index (χ4n) is 8.20. The average molecular weight is 651 g/mol. The van der Waals surface area contributed by atoms with Crippen LogP contribution in [-0.2, 0) is 6.54 Å². The second kappa shape index (κ2) is 12.0. The molecule has 0 bridgehead atoms. The van der Waals surface area contributed by atoms with Crippen LogP contribution in [0.3, 0.4) is 0 Å². The number of nitrogens with zero attached hydrogens (tertiary/aromatic N) is 2. The number of rotatable bonds is 6. The van der Waals surface area contributed by atoms with Gasteiger partial charge in [0.25, 0.3) is 0 Å². The van der Waals surface area contributed by atoms with Gasteiger partial charge in [-0.15, -0.1) is 0 Å². The normalized spacial score (nSPS) is 11.6. The van der Waals surface area contributed by atoms with Gasteiger partial charge in [-0.25, -0.2) is 0 Å². The van der Waals surface area contributed by atoms with Crippen LogP contribution in [-0.4, -0.2) is 9.13 Å². The lowest BCUT2D eigenvalue weighted by atomic mass is 9.91. The lowest BCUT2D eigenvalue weighted by molar-refractivity contribution is 0.872. The van der Waals surface area contributed by atoms with E-state index >= 15 is 0 Å². The zero-order chi connectivity index (χ0) is 33.7. The first-order valence-electron chi connectivity index (χ1n) is 17.7. The maximum atomic E-state index is 2.54. The van der Waals surface area contributed by atoms with Crippen LogP contribution in [0.15, 0.2) is 194 Å². The molecule has 0 aliphatic rings. The number of hydrogen-bond acceptors (Lipinski definition) is 0. The van der Waals surface area contributed by atoms with E-state index in [1.807, 2.05) is 0 Å². The van der Waals surface area contributed by atoms with Gasteiger partial charge in [-0.2, -0.15) is 0 Å². The summed E-state index contributed by atoms with van der Waals surface area (Å²) in [7, 11) is 0. The standard InChI is InChI=1S/C49H34N2/c1-4-16-34(17-5-1)38-24-14-25-39(35-18-6-2-7-19-35)44(38)33-50-45-31-30-37(51-46-27-12-10-22-41(46)42-23-11-13-28-47(42)51)32-43(45)49-40(26-15-29-48(49)50)36-20-8-3-9-21-36/h1-32H,33H2. The first-order valence-corrected chi connectivity index (χ1v) is 17.7. The van der Waals surface area contributed by atoms with Crippen molar-refractivity contribution in [2.24, 2.45) is 0 Å². The number of para-hydroxylation sites is 2. The molecule has 2 heterocycles. The van der Waals surface area contributed by atoms with E-state index in [4.69, 9.17) is 0 Å². The summed E-state index contributed by atoms with van der Waals surface area (Å²) in [6.45, 7) is 0.724. The van der Waals surface area contributed by atoms with Crippen LogP contribution < -0.4 is 0 Å². The molecule has 240 valence electrons. The predicted octanol–water partition coefficient (Wildman–Crippen LogP) is 12.9. The molecule has 2 aromatic heterocycles. The summed E-state index contributed by atoms with van der Waals surface area (Å²) in [5.74, 6) is 0. The highest BCUT2D eigenvalue weighted by Gasteiger charge is 2.20. The number of benzene rings is 8. The molecule has 51 heavy (non-hydrogen) atoms. The third-order valence-corrected chi connectivity index (χ3v) is 10.5. The van der Waals surface area contributed by atoms with E-state index < -0.39 is 0 Å². The van der Waals surface area contributed by atoms with Crippen LogP contribution in [0.25, 0.3) is 82.7 Å². The SMILES string of the molecule is c1ccc(-c2cccc(-c3ccccc3)c2Cn2c3ccc(-n4c5ccccc5c5ccccc54)cc3c3c(-c4ccccc4)cccc32)cc1. The molecule has 10 aromatic rings. The third kappa shape index (κ3) is 4.80. The Balaban J connectivity index is 1.27. The average Bonchev–Trinajstić information content (AvgIpc) is 3.71. The molecular weight excluding hydrogens is 617 g/mol. The fraction of sp³-hybridized carbons (Fsp3) is 0.0204. The molecule has 0 spiro atoms. The first-order chi connectivity index (χ1) is 25.3. The maximum absolute atomic E-state index is 2.54. The molecule has 0 aliphatic heterocycles. The molecule has 0 amide bonds. The van der Waals surface area contributed by atoms with Gasteiger partial charge in [0.05, 0.1) is 16.6 Å². The maximum Gasteiger partial charge on any atom is 0.0541 e. The Hall–Kier alpha value is -6.64. The van der Waals surface area contributed by atoms with Gasteiger partial charge in [0.2, 0.25) is 0 Å². The molecule has 0 atom stereocenters. The van der Waals surface area contributed by atoms with Crippen LogP contribution >= 0.6 is 0 Å². The second-order valence-corrected chi connectivity index (χ2v) is 13.3. The number of hydrogen-bond donors (Lipinski definition) is 0. The second-order valence-electron chi connectivity index (χ2n) is 13.3. The van der Waals surface area contributed by atoms with Crippen molar-refractivity contribution in [2.75, 3.05) is 0 Å². The van der Waals surface area contributed by atoms with E-state index in [1.54, 1.807) is 0 Å². The zero-order valence-electron chi connectivity index (χ0n) is 28.1. The Kier molecular flexibility index (Phi) is 6.92. The molecule has 0 fully saturated rings. The van der Waals surface area contributed by atoms with Crippen molar-refractivity contribution in [1.29, 1.82) is 0 Å².